The third-order valence-electron chi connectivity index (χ3n) is 5.11. The van der Waals surface area contributed by atoms with Gasteiger partial charge in [0.2, 0.25) is 0 Å². The first-order valence-electron chi connectivity index (χ1n) is 8.82. The molecule has 0 saturated carbocycles. The number of nitrogens with zero attached hydrogens (tertiary/aromatic N) is 1. The van der Waals surface area contributed by atoms with Crippen molar-refractivity contribution in [3.8, 4) is 0 Å². The van der Waals surface area contributed by atoms with Crippen LogP contribution in [-0.2, 0) is 0 Å². The largest absolute Gasteiger partial charge is 0.358 e. The van der Waals surface area contributed by atoms with Crippen LogP contribution >= 0.6 is 11.6 Å². The lowest BCUT2D eigenvalue weighted by Gasteiger charge is -2.42. The highest BCUT2D eigenvalue weighted by atomic mass is 35.5. The zero-order valence-corrected chi connectivity index (χ0v) is 15.8. The molecule has 0 bridgehead atoms. The molecule has 2 nitrogen and oxygen atoms in total. The summed E-state index contributed by atoms with van der Waals surface area (Å²) in [6.45, 7) is 4.19. The van der Waals surface area contributed by atoms with Crippen molar-refractivity contribution in [3.05, 3.63) is 70.8 Å². The van der Waals surface area contributed by atoms with Crippen molar-refractivity contribution < 1.29 is 4.79 Å². The van der Waals surface area contributed by atoms with E-state index in [4.69, 9.17) is 11.6 Å². The van der Waals surface area contributed by atoms with Gasteiger partial charge in [0.15, 0.2) is 5.78 Å². The zero-order chi connectivity index (χ0) is 18.0. The van der Waals surface area contributed by atoms with Gasteiger partial charge in [0.1, 0.15) is 5.54 Å². The van der Waals surface area contributed by atoms with Gasteiger partial charge in [-0.1, -0.05) is 55.3 Å². The standard InChI is InChI=1S/C22H24ClNO/c1-4-5-9-17-15-22(2,21(25)16-10-7-6-8-11-16)24(3)20-13-12-18(23)14-19(17)20/h6-8,10-15H,4-5,9H2,1-3H3. The normalized spacial score (nSPS) is 19.4. The van der Waals surface area contributed by atoms with Crippen LogP contribution in [0.15, 0.2) is 54.6 Å². The summed E-state index contributed by atoms with van der Waals surface area (Å²) in [6, 6.07) is 15.5. The zero-order valence-electron chi connectivity index (χ0n) is 15.1. The molecule has 0 aliphatic carbocycles. The molecule has 1 heterocycles. The number of fused-ring (bicyclic) bond motifs is 1. The predicted octanol–water partition coefficient (Wildman–Crippen LogP) is 6.01. The van der Waals surface area contributed by atoms with Crippen molar-refractivity contribution in [2.45, 2.75) is 38.6 Å². The second-order valence-electron chi connectivity index (χ2n) is 6.84. The molecule has 0 N–H and O–H groups in total. The minimum atomic E-state index is -0.703. The fourth-order valence-corrected chi connectivity index (χ4v) is 3.67. The number of unbranched alkanes of at least 4 members (excludes halogenated alkanes) is 1. The maximum Gasteiger partial charge on any atom is 0.192 e. The van der Waals surface area contributed by atoms with E-state index in [1.807, 2.05) is 62.5 Å². The van der Waals surface area contributed by atoms with E-state index in [0.717, 1.165) is 41.1 Å². The number of halogens is 1. The minimum absolute atomic E-state index is 0.116. The van der Waals surface area contributed by atoms with Gasteiger partial charge in [0, 0.05) is 28.9 Å². The number of ketones is 1. The van der Waals surface area contributed by atoms with Crippen LogP contribution in [-0.4, -0.2) is 18.4 Å². The maximum atomic E-state index is 13.3. The number of rotatable bonds is 5. The molecular weight excluding hydrogens is 330 g/mol. The highest BCUT2D eigenvalue weighted by Gasteiger charge is 2.40. The highest BCUT2D eigenvalue weighted by molar-refractivity contribution is 6.31. The van der Waals surface area contributed by atoms with Crippen LogP contribution in [0.25, 0.3) is 5.57 Å². The lowest BCUT2D eigenvalue weighted by atomic mass is 9.81. The molecule has 25 heavy (non-hydrogen) atoms. The number of carbonyl (C=O) groups excluding carboxylic acids is 1. The van der Waals surface area contributed by atoms with Gasteiger partial charge in [-0.3, -0.25) is 4.79 Å². The molecule has 0 amide bonds. The average Bonchev–Trinajstić information content (AvgIpc) is 2.63. The Kier molecular flexibility index (Phi) is 5.01. The van der Waals surface area contributed by atoms with Gasteiger partial charge in [0.25, 0.3) is 0 Å². The first-order valence-corrected chi connectivity index (χ1v) is 9.20. The molecule has 1 aliphatic rings. The molecule has 0 radical (unpaired) electrons. The van der Waals surface area contributed by atoms with Gasteiger partial charge in [-0.05, 0) is 49.6 Å². The monoisotopic (exact) mass is 353 g/mol. The van der Waals surface area contributed by atoms with Crippen LogP contribution in [0.1, 0.15) is 49.0 Å². The van der Waals surface area contributed by atoms with Gasteiger partial charge in [-0.2, -0.15) is 0 Å². The third kappa shape index (κ3) is 3.23. The Morgan fingerprint density at radius 2 is 1.88 bits per heavy atom. The fourth-order valence-electron chi connectivity index (χ4n) is 3.50. The summed E-state index contributed by atoms with van der Waals surface area (Å²) in [5.41, 5.74) is 3.45. The van der Waals surface area contributed by atoms with E-state index in [9.17, 15) is 4.79 Å². The van der Waals surface area contributed by atoms with E-state index >= 15 is 0 Å². The number of anilines is 1. The number of allylic oxidation sites excluding steroid dienone is 1. The molecule has 2 aromatic rings. The van der Waals surface area contributed by atoms with Gasteiger partial charge < -0.3 is 4.90 Å². The smallest absolute Gasteiger partial charge is 0.192 e. The second-order valence-corrected chi connectivity index (χ2v) is 7.27. The minimum Gasteiger partial charge on any atom is -0.358 e. The molecule has 0 saturated heterocycles. The van der Waals surface area contributed by atoms with E-state index < -0.39 is 5.54 Å². The molecule has 3 rings (SSSR count). The SMILES string of the molecule is CCCCC1=CC(C)(C(=O)c2ccccc2)N(C)c2ccc(Cl)cc21. The van der Waals surface area contributed by atoms with Crippen LogP contribution < -0.4 is 4.90 Å². The molecule has 1 unspecified atom stereocenters. The molecule has 1 aliphatic heterocycles. The Morgan fingerprint density at radius 1 is 1.16 bits per heavy atom. The lowest BCUT2D eigenvalue weighted by molar-refractivity contribution is 0.0927. The molecule has 3 heteroatoms. The van der Waals surface area contributed by atoms with Crippen LogP contribution in [0.2, 0.25) is 5.02 Å². The van der Waals surface area contributed by atoms with Crippen LogP contribution in [0.4, 0.5) is 5.69 Å². The van der Waals surface area contributed by atoms with Crippen LogP contribution in [0, 0.1) is 0 Å². The third-order valence-corrected chi connectivity index (χ3v) is 5.35. The predicted molar refractivity (Wildman–Crippen MR) is 107 cm³/mol. The first kappa shape index (κ1) is 17.8. The Labute approximate surface area is 155 Å². The number of hydrogen-bond acceptors (Lipinski definition) is 2. The number of likely N-dealkylation sites (N-methyl/N-ethyl adjacent to an activating group) is 1. The highest BCUT2D eigenvalue weighted by Crippen LogP contribution is 2.42. The molecule has 0 fully saturated rings. The van der Waals surface area contributed by atoms with Crippen molar-refractivity contribution in [1.82, 2.24) is 0 Å². The van der Waals surface area contributed by atoms with Gasteiger partial charge >= 0.3 is 0 Å². The molecule has 130 valence electrons. The van der Waals surface area contributed by atoms with E-state index in [-0.39, 0.29) is 5.78 Å². The first-order chi connectivity index (χ1) is 12.0. The van der Waals surface area contributed by atoms with Crippen LogP contribution in [0.5, 0.6) is 0 Å². The summed E-state index contributed by atoms with van der Waals surface area (Å²) in [5.74, 6) is 0.116. The number of carbonyl (C=O) groups is 1. The number of hydrogen-bond donors (Lipinski definition) is 0. The quantitative estimate of drug-likeness (QED) is 0.614. The molecule has 1 atom stereocenters. The Bertz CT molecular complexity index is 812. The Morgan fingerprint density at radius 3 is 2.56 bits per heavy atom. The second kappa shape index (κ2) is 7.05. The van der Waals surface area contributed by atoms with Crippen molar-refractivity contribution in [3.63, 3.8) is 0 Å². The molecule has 2 aromatic carbocycles. The van der Waals surface area contributed by atoms with E-state index in [2.05, 4.69) is 17.9 Å². The van der Waals surface area contributed by atoms with Crippen molar-refractivity contribution >= 4 is 28.6 Å². The van der Waals surface area contributed by atoms with Crippen molar-refractivity contribution in [1.29, 1.82) is 0 Å². The summed E-state index contributed by atoms with van der Waals surface area (Å²) < 4.78 is 0. The van der Waals surface area contributed by atoms with E-state index in [1.54, 1.807) is 0 Å². The Balaban J connectivity index is 2.11. The summed E-state index contributed by atoms with van der Waals surface area (Å²) in [7, 11) is 1.99. The fraction of sp³-hybridized carbons (Fsp3) is 0.318. The summed E-state index contributed by atoms with van der Waals surface area (Å²) in [5, 5.41) is 0.729. The topological polar surface area (TPSA) is 20.3 Å². The molecular formula is C22H24ClNO. The average molecular weight is 354 g/mol. The molecule has 0 aromatic heterocycles. The van der Waals surface area contributed by atoms with Crippen molar-refractivity contribution in [2.24, 2.45) is 0 Å². The van der Waals surface area contributed by atoms with E-state index in [1.165, 1.54) is 5.57 Å². The van der Waals surface area contributed by atoms with Crippen molar-refractivity contribution in [2.75, 3.05) is 11.9 Å². The number of benzene rings is 2. The van der Waals surface area contributed by atoms with Gasteiger partial charge in [0.05, 0.1) is 0 Å². The van der Waals surface area contributed by atoms with Crippen LogP contribution in [0.3, 0.4) is 0 Å². The number of Topliss-reactive ketones (excluding diaryl/α,β-unsaturated/α-hetero) is 1. The summed E-state index contributed by atoms with van der Waals surface area (Å²) in [4.78, 5) is 15.4. The maximum absolute atomic E-state index is 13.3. The van der Waals surface area contributed by atoms with Gasteiger partial charge in [-0.25, -0.2) is 0 Å². The molecule has 0 spiro atoms. The summed E-state index contributed by atoms with van der Waals surface area (Å²) in [6.07, 6.45) is 5.30. The lowest BCUT2D eigenvalue weighted by Crippen LogP contribution is -2.51. The van der Waals surface area contributed by atoms with Gasteiger partial charge in [-0.15, -0.1) is 0 Å². The van der Waals surface area contributed by atoms with E-state index in [0.29, 0.717) is 0 Å². The Hall–Kier alpha value is -2.06. The summed E-state index contributed by atoms with van der Waals surface area (Å²) >= 11 is 6.24.